The van der Waals surface area contributed by atoms with Crippen LogP contribution in [-0.2, 0) is 22.6 Å². The molecular weight excluding hydrogens is 363 g/mol. The minimum atomic E-state index is -0.744. The number of hydrogen-bond acceptors (Lipinski definition) is 5. The number of aromatic nitrogens is 3. The molecule has 3 rings (SSSR count). The topological polar surface area (TPSA) is 77.3 Å². The molecule has 3 aromatic rings. The van der Waals surface area contributed by atoms with E-state index in [-0.39, 0.29) is 12.2 Å². The molecule has 0 saturated heterocycles. The summed E-state index contributed by atoms with van der Waals surface area (Å²) >= 11 is 0. The van der Waals surface area contributed by atoms with E-state index in [1.807, 2.05) is 30.3 Å². The van der Waals surface area contributed by atoms with Crippen LogP contribution in [0.3, 0.4) is 0 Å². The maximum absolute atomic E-state index is 13.7. The van der Waals surface area contributed by atoms with Gasteiger partial charge in [-0.15, -0.1) is 5.10 Å². The SMILES string of the molecule is CN(Cc1ccccc1F)C(=O)COC(=O)c1cn(Cc2ccccc2)nn1. The van der Waals surface area contributed by atoms with Crippen molar-refractivity contribution in [3.8, 4) is 0 Å². The Hall–Kier alpha value is -3.55. The zero-order chi connectivity index (χ0) is 19.9. The number of likely N-dealkylation sites (N-methyl/N-ethyl adjacent to an activating group) is 1. The van der Waals surface area contributed by atoms with Gasteiger partial charge in [-0.1, -0.05) is 53.7 Å². The van der Waals surface area contributed by atoms with E-state index in [1.165, 1.54) is 28.9 Å². The highest BCUT2D eigenvalue weighted by molar-refractivity contribution is 5.89. The average molecular weight is 382 g/mol. The highest BCUT2D eigenvalue weighted by atomic mass is 19.1. The van der Waals surface area contributed by atoms with E-state index in [9.17, 15) is 14.0 Å². The number of nitrogens with zero attached hydrogens (tertiary/aromatic N) is 4. The molecule has 0 atom stereocenters. The number of carbonyl (C=O) groups excluding carboxylic acids is 2. The second-order valence-corrected chi connectivity index (χ2v) is 6.20. The predicted octanol–water partition coefficient (Wildman–Crippen LogP) is 2.28. The van der Waals surface area contributed by atoms with Crippen LogP contribution in [0.5, 0.6) is 0 Å². The summed E-state index contributed by atoms with van der Waals surface area (Å²) in [6.07, 6.45) is 1.46. The third kappa shape index (κ3) is 5.00. The van der Waals surface area contributed by atoms with Crippen molar-refractivity contribution in [2.45, 2.75) is 13.1 Å². The zero-order valence-electron chi connectivity index (χ0n) is 15.3. The van der Waals surface area contributed by atoms with E-state index >= 15 is 0 Å². The summed E-state index contributed by atoms with van der Waals surface area (Å²) in [4.78, 5) is 25.5. The first kappa shape index (κ1) is 19.2. The van der Waals surface area contributed by atoms with Crippen molar-refractivity contribution in [2.75, 3.05) is 13.7 Å². The van der Waals surface area contributed by atoms with Gasteiger partial charge in [0.25, 0.3) is 5.91 Å². The van der Waals surface area contributed by atoms with E-state index in [2.05, 4.69) is 10.3 Å². The van der Waals surface area contributed by atoms with Gasteiger partial charge in [0.15, 0.2) is 12.3 Å². The van der Waals surface area contributed by atoms with Crippen LogP contribution in [0.2, 0.25) is 0 Å². The summed E-state index contributed by atoms with van der Waals surface area (Å²) in [5, 5.41) is 7.67. The number of hydrogen-bond donors (Lipinski definition) is 0. The van der Waals surface area contributed by atoms with E-state index in [0.29, 0.717) is 12.1 Å². The third-order valence-electron chi connectivity index (χ3n) is 4.05. The normalized spacial score (nSPS) is 10.5. The van der Waals surface area contributed by atoms with Crippen LogP contribution in [0.15, 0.2) is 60.8 Å². The first-order valence-corrected chi connectivity index (χ1v) is 8.61. The fourth-order valence-electron chi connectivity index (χ4n) is 2.52. The molecule has 0 spiro atoms. The first-order chi connectivity index (χ1) is 13.5. The Balaban J connectivity index is 1.51. The van der Waals surface area contributed by atoms with Crippen LogP contribution in [0.4, 0.5) is 4.39 Å². The minimum Gasteiger partial charge on any atom is -0.451 e. The largest absolute Gasteiger partial charge is 0.451 e. The molecule has 7 nitrogen and oxygen atoms in total. The molecule has 0 bridgehead atoms. The lowest BCUT2D eigenvalue weighted by Gasteiger charge is -2.17. The Labute approximate surface area is 161 Å². The summed E-state index contributed by atoms with van der Waals surface area (Å²) in [7, 11) is 1.51. The van der Waals surface area contributed by atoms with E-state index in [0.717, 1.165) is 5.56 Å². The molecule has 0 unspecified atom stereocenters. The molecule has 0 aliphatic carbocycles. The van der Waals surface area contributed by atoms with Crippen LogP contribution in [0.1, 0.15) is 21.6 Å². The van der Waals surface area contributed by atoms with Crippen molar-refractivity contribution < 1.29 is 18.7 Å². The summed E-state index contributed by atoms with van der Waals surface area (Å²) in [6.45, 7) is 0.0804. The van der Waals surface area contributed by atoms with Gasteiger partial charge in [0.1, 0.15) is 5.82 Å². The quantitative estimate of drug-likeness (QED) is 0.586. The van der Waals surface area contributed by atoms with Gasteiger partial charge in [0.2, 0.25) is 0 Å². The van der Waals surface area contributed by atoms with Gasteiger partial charge in [-0.05, 0) is 11.6 Å². The van der Waals surface area contributed by atoms with Crippen molar-refractivity contribution >= 4 is 11.9 Å². The highest BCUT2D eigenvalue weighted by Crippen LogP contribution is 2.09. The van der Waals surface area contributed by atoms with Crippen molar-refractivity contribution in [1.29, 1.82) is 0 Å². The first-order valence-electron chi connectivity index (χ1n) is 8.61. The number of ether oxygens (including phenoxy) is 1. The van der Waals surface area contributed by atoms with Gasteiger partial charge in [-0.3, -0.25) is 4.79 Å². The van der Waals surface area contributed by atoms with E-state index in [1.54, 1.807) is 18.2 Å². The smallest absolute Gasteiger partial charge is 0.361 e. The monoisotopic (exact) mass is 382 g/mol. The summed E-state index contributed by atoms with van der Waals surface area (Å²) < 4.78 is 20.2. The maximum atomic E-state index is 13.7. The van der Waals surface area contributed by atoms with Crippen LogP contribution in [0.25, 0.3) is 0 Å². The molecule has 0 N–H and O–H groups in total. The van der Waals surface area contributed by atoms with E-state index in [4.69, 9.17) is 4.74 Å². The molecule has 1 amide bonds. The molecule has 0 aliphatic heterocycles. The Kier molecular flexibility index (Phi) is 6.11. The Morgan fingerprint density at radius 2 is 1.82 bits per heavy atom. The second kappa shape index (κ2) is 8.90. The molecule has 0 saturated carbocycles. The van der Waals surface area contributed by atoms with Crippen molar-refractivity contribution in [2.24, 2.45) is 0 Å². The van der Waals surface area contributed by atoms with Gasteiger partial charge in [-0.25, -0.2) is 13.9 Å². The second-order valence-electron chi connectivity index (χ2n) is 6.20. The minimum absolute atomic E-state index is 0.0143. The van der Waals surface area contributed by atoms with Gasteiger partial charge in [-0.2, -0.15) is 0 Å². The summed E-state index contributed by atoms with van der Waals surface area (Å²) in [6, 6.07) is 15.8. The number of benzene rings is 2. The van der Waals surface area contributed by atoms with Crippen LogP contribution in [-0.4, -0.2) is 45.4 Å². The van der Waals surface area contributed by atoms with Crippen molar-refractivity contribution in [3.63, 3.8) is 0 Å². The van der Waals surface area contributed by atoms with Crippen molar-refractivity contribution in [1.82, 2.24) is 19.9 Å². The molecule has 0 radical (unpaired) electrons. The fourth-order valence-corrected chi connectivity index (χ4v) is 2.52. The molecule has 2 aromatic carbocycles. The lowest BCUT2D eigenvalue weighted by atomic mass is 10.2. The third-order valence-corrected chi connectivity index (χ3v) is 4.05. The van der Waals surface area contributed by atoms with Crippen LogP contribution < -0.4 is 0 Å². The summed E-state index contributed by atoms with van der Waals surface area (Å²) in [5.74, 6) is -1.59. The van der Waals surface area contributed by atoms with E-state index < -0.39 is 24.3 Å². The lowest BCUT2D eigenvalue weighted by Crippen LogP contribution is -2.31. The number of amides is 1. The predicted molar refractivity (Wildman–Crippen MR) is 98.7 cm³/mol. The van der Waals surface area contributed by atoms with Crippen LogP contribution >= 0.6 is 0 Å². The molecule has 1 heterocycles. The average Bonchev–Trinajstić information content (AvgIpc) is 3.17. The lowest BCUT2D eigenvalue weighted by molar-refractivity contribution is -0.133. The van der Waals surface area contributed by atoms with Crippen LogP contribution in [0, 0.1) is 5.82 Å². The molecular formula is C20H19FN4O3. The molecule has 28 heavy (non-hydrogen) atoms. The zero-order valence-corrected chi connectivity index (χ0v) is 15.3. The van der Waals surface area contributed by atoms with Crippen molar-refractivity contribution in [3.05, 3.63) is 83.4 Å². The molecule has 0 fully saturated rings. The number of halogens is 1. The standard InChI is InChI=1S/C20H19FN4O3/c1-24(12-16-9-5-6-10-17(16)21)19(26)14-28-20(27)18-13-25(23-22-18)11-15-7-3-2-4-8-15/h2-10,13H,11-12,14H2,1H3. The Bertz CT molecular complexity index is 959. The molecule has 1 aromatic heterocycles. The maximum Gasteiger partial charge on any atom is 0.361 e. The van der Waals surface area contributed by atoms with Gasteiger partial charge >= 0.3 is 5.97 Å². The molecule has 144 valence electrons. The van der Waals surface area contributed by atoms with Gasteiger partial charge < -0.3 is 9.64 Å². The Morgan fingerprint density at radius 3 is 2.57 bits per heavy atom. The highest BCUT2D eigenvalue weighted by Gasteiger charge is 2.17. The molecule has 0 aliphatic rings. The fraction of sp³-hybridized carbons (Fsp3) is 0.200. The number of carbonyl (C=O) groups is 2. The summed E-state index contributed by atoms with van der Waals surface area (Å²) in [5.41, 5.74) is 1.41. The van der Waals surface area contributed by atoms with Gasteiger partial charge in [0.05, 0.1) is 12.7 Å². The molecule has 8 heteroatoms. The van der Waals surface area contributed by atoms with Gasteiger partial charge in [0, 0.05) is 19.2 Å². The Morgan fingerprint density at radius 1 is 1.11 bits per heavy atom. The number of esters is 1. The number of rotatable bonds is 7.